The van der Waals surface area contributed by atoms with Gasteiger partial charge in [0.1, 0.15) is 17.2 Å². The number of benzene rings is 3. The molecule has 0 fully saturated rings. The molecule has 3 aromatic carbocycles. The number of carbonyl (C=O) groups is 1. The highest BCUT2D eigenvalue weighted by atomic mass is 16.5. The molecule has 26 heavy (non-hydrogen) atoms. The summed E-state index contributed by atoms with van der Waals surface area (Å²) in [7, 11) is 1.59. The minimum atomic E-state index is -1.22. The standard InChI is InChI=1S/C22H16O4/c1-13-7-9-17-19(11-13)26-20-12-14(25-2)8-10-18(20)21(17)15-5-3-4-6-16(15)22(23)24/h3-12H,1H2,2H3,(H,23,24)/p-1. The maximum Gasteiger partial charge on any atom is 0.139 e. The van der Waals surface area contributed by atoms with Gasteiger partial charge in [-0.15, -0.1) is 0 Å². The monoisotopic (exact) mass is 343 g/mol. The van der Waals surface area contributed by atoms with Crippen molar-refractivity contribution in [2.24, 2.45) is 0 Å². The van der Waals surface area contributed by atoms with Gasteiger partial charge < -0.3 is 19.4 Å². The Morgan fingerprint density at radius 1 is 1.00 bits per heavy atom. The molecule has 1 heterocycles. The maximum atomic E-state index is 11.7. The number of methoxy groups -OCH3 is 1. The number of hydrogen-bond donors (Lipinski definition) is 0. The Kier molecular flexibility index (Phi) is 3.73. The van der Waals surface area contributed by atoms with E-state index in [1.54, 1.807) is 31.4 Å². The first kappa shape index (κ1) is 16.0. The highest BCUT2D eigenvalue weighted by Crippen LogP contribution is 2.38. The van der Waals surface area contributed by atoms with E-state index in [9.17, 15) is 9.90 Å². The van der Waals surface area contributed by atoms with Gasteiger partial charge in [-0.3, -0.25) is 0 Å². The molecule has 128 valence electrons. The molecule has 4 nitrogen and oxygen atoms in total. The van der Waals surface area contributed by atoms with Crippen molar-refractivity contribution in [1.29, 1.82) is 0 Å². The van der Waals surface area contributed by atoms with Crippen molar-refractivity contribution in [3.05, 3.63) is 87.8 Å². The molecular formula is C22H15O4-. The highest BCUT2D eigenvalue weighted by Gasteiger charge is 2.22. The first-order valence-corrected chi connectivity index (χ1v) is 8.09. The van der Waals surface area contributed by atoms with Crippen LogP contribution in [0.15, 0.2) is 60.7 Å². The third-order valence-electron chi connectivity index (χ3n) is 4.41. The van der Waals surface area contributed by atoms with Gasteiger partial charge in [-0.05, 0) is 29.0 Å². The number of carbonyl (C=O) groups excluding carboxylic acids is 1. The first-order chi connectivity index (χ1) is 12.6. The van der Waals surface area contributed by atoms with Crippen LogP contribution in [-0.2, 0) is 0 Å². The van der Waals surface area contributed by atoms with E-state index >= 15 is 0 Å². The van der Waals surface area contributed by atoms with Crippen molar-refractivity contribution in [2.45, 2.75) is 0 Å². The van der Waals surface area contributed by atoms with E-state index in [2.05, 4.69) is 6.58 Å². The van der Waals surface area contributed by atoms with Crippen LogP contribution < -0.4 is 25.0 Å². The van der Waals surface area contributed by atoms with Crippen molar-refractivity contribution in [3.63, 3.8) is 0 Å². The van der Waals surface area contributed by atoms with Gasteiger partial charge in [-0.2, -0.15) is 0 Å². The average molecular weight is 343 g/mol. The van der Waals surface area contributed by atoms with Gasteiger partial charge in [0.25, 0.3) is 0 Å². The maximum absolute atomic E-state index is 11.7. The minimum absolute atomic E-state index is 0.135. The molecule has 1 aliphatic heterocycles. The zero-order valence-electron chi connectivity index (χ0n) is 14.1. The second-order valence-corrected chi connectivity index (χ2v) is 6.00. The summed E-state index contributed by atoms with van der Waals surface area (Å²) in [5, 5.41) is 13.3. The Balaban J connectivity index is 2.13. The largest absolute Gasteiger partial charge is 0.545 e. The molecule has 0 unspecified atom stereocenters. The number of carboxylic acids is 1. The lowest BCUT2D eigenvalue weighted by Crippen LogP contribution is -2.26. The third kappa shape index (κ3) is 2.52. The molecule has 0 bridgehead atoms. The Bertz CT molecular complexity index is 1150. The van der Waals surface area contributed by atoms with Gasteiger partial charge in [0.15, 0.2) is 0 Å². The zero-order valence-corrected chi connectivity index (χ0v) is 14.1. The molecule has 0 saturated heterocycles. The molecule has 0 aromatic heterocycles. The Morgan fingerprint density at radius 2 is 1.81 bits per heavy atom. The predicted octanol–water partition coefficient (Wildman–Crippen LogP) is 1.82. The van der Waals surface area contributed by atoms with Crippen LogP contribution in [-0.4, -0.2) is 13.1 Å². The molecule has 4 heteroatoms. The average Bonchev–Trinajstić information content (AvgIpc) is 2.65. The topological polar surface area (TPSA) is 58.6 Å². The summed E-state index contributed by atoms with van der Waals surface area (Å²) >= 11 is 0. The number of aromatic carboxylic acids is 1. The highest BCUT2D eigenvalue weighted by molar-refractivity contribution is 5.97. The third-order valence-corrected chi connectivity index (χ3v) is 4.41. The second-order valence-electron chi connectivity index (χ2n) is 6.00. The van der Waals surface area contributed by atoms with Gasteiger partial charge in [0.05, 0.1) is 13.1 Å². The summed E-state index contributed by atoms with van der Waals surface area (Å²) in [5.41, 5.74) is 2.30. The SMILES string of the molecule is C=c1ccc2c(c1)Oc1cc(OC)ccc1C=2c1ccccc1C(=O)[O-]. The summed E-state index contributed by atoms with van der Waals surface area (Å²) in [6, 6.07) is 17.9. The van der Waals surface area contributed by atoms with E-state index in [0.29, 0.717) is 22.8 Å². The van der Waals surface area contributed by atoms with Crippen molar-refractivity contribution >= 4 is 18.1 Å². The van der Waals surface area contributed by atoms with E-state index < -0.39 is 5.97 Å². The summed E-state index contributed by atoms with van der Waals surface area (Å²) in [4.78, 5) is 11.7. The van der Waals surface area contributed by atoms with Crippen LogP contribution in [0.4, 0.5) is 0 Å². The number of fused-ring (bicyclic) bond motifs is 2. The van der Waals surface area contributed by atoms with Gasteiger partial charge in [-0.25, -0.2) is 0 Å². The van der Waals surface area contributed by atoms with E-state index in [1.165, 1.54) is 0 Å². The predicted molar refractivity (Wildman–Crippen MR) is 96.7 cm³/mol. The molecule has 0 spiro atoms. The number of carboxylic acid groups (broad SMARTS) is 1. The van der Waals surface area contributed by atoms with Crippen LogP contribution in [0.25, 0.3) is 12.2 Å². The Labute approximate surface area is 150 Å². The van der Waals surface area contributed by atoms with Crippen molar-refractivity contribution in [3.8, 4) is 17.2 Å². The fraction of sp³-hybridized carbons (Fsp3) is 0.0455. The number of hydrogen-bond acceptors (Lipinski definition) is 4. The van der Waals surface area contributed by atoms with Crippen LogP contribution in [0.1, 0.15) is 21.5 Å². The van der Waals surface area contributed by atoms with E-state index in [-0.39, 0.29) is 5.56 Å². The molecule has 0 saturated carbocycles. The first-order valence-electron chi connectivity index (χ1n) is 8.09. The summed E-state index contributed by atoms with van der Waals surface area (Å²) in [5.74, 6) is 0.669. The van der Waals surface area contributed by atoms with Crippen LogP contribution in [0.5, 0.6) is 17.2 Å². The van der Waals surface area contributed by atoms with Gasteiger partial charge >= 0.3 is 0 Å². The molecule has 0 aliphatic carbocycles. The Hall–Kier alpha value is -3.53. The zero-order chi connectivity index (χ0) is 18.3. The summed E-state index contributed by atoms with van der Waals surface area (Å²) in [6.07, 6.45) is 0. The molecule has 0 atom stereocenters. The van der Waals surface area contributed by atoms with E-state index in [1.807, 2.05) is 36.4 Å². The molecule has 4 rings (SSSR count). The smallest absolute Gasteiger partial charge is 0.139 e. The number of ether oxygens (including phenoxy) is 2. The molecule has 1 aliphatic rings. The van der Waals surface area contributed by atoms with Crippen molar-refractivity contribution < 1.29 is 19.4 Å². The van der Waals surface area contributed by atoms with Crippen LogP contribution in [0.2, 0.25) is 0 Å². The minimum Gasteiger partial charge on any atom is -0.545 e. The second kappa shape index (κ2) is 6.08. The summed E-state index contributed by atoms with van der Waals surface area (Å²) in [6.45, 7) is 3.94. The van der Waals surface area contributed by atoms with E-state index in [4.69, 9.17) is 9.47 Å². The van der Waals surface area contributed by atoms with Crippen molar-refractivity contribution in [2.75, 3.05) is 7.11 Å². The van der Waals surface area contributed by atoms with Crippen LogP contribution in [0.3, 0.4) is 0 Å². The lowest BCUT2D eigenvalue weighted by atomic mass is 9.89. The Morgan fingerprint density at radius 3 is 2.58 bits per heavy atom. The lowest BCUT2D eigenvalue weighted by Gasteiger charge is -2.23. The van der Waals surface area contributed by atoms with Gasteiger partial charge in [0.2, 0.25) is 0 Å². The van der Waals surface area contributed by atoms with Gasteiger partial charge in [-0.1, -0.05) is 43.0 Å². The van der Waals surface area contributed by atoms with Crippen molar-refractivity contribution in [1.82, 2.24) is 0 Å². The quantitative estimate of drug-likeness (QED) is 0.569. The van der Waals surface area contributed by atoms with E-state index in [0.717, 1.165) is 21.6 Å². The fourth-order valence-corrected chi connectivity index (χ4v) is 3.21. The molecular weight excluding hydrogens is 328 g/mol. The van der Waals surface area contributed by atoms with Crippen LogP contribution in [0, 0.1) is 0 Å². The number of rotatable bonds is 3. The normalized spacial score (nSPS) is 12.0. The van der Waals surface area contributed by atoms with Crippen LogP contribution >= 0.6 is 0 Å². The molecule has 0 radical (unpaired) electrons. The summed E-state index contributed by atoms with van der Waals surface area (Å²) < 4.78 is 11.3. The molecule has 0 N–H and O–H groups in total. The lowest BCUT2D eigenvalue weighted by molar-refractivity contribution is -0.255. The fourth-order valence-electron chi connectivity index (χ4n) is 3.21. The molecule has 0 amide bonds. The van der Waals surface area contributed by atoms with Gasteiger partial charge in [0, 0.05) is 28.0 Å². The molecule has 3 aromatic rings.